The van der Waals surface area contributed by atoms with Crippen LogP contribution >= 0.6 is 0 Å². The molecular weight excluding hydrogens is 50.0 g/mol. The molecule has 0 unspecified atom stereocenters. The van der Waals surface area contributed by atoms with E-state index in [0.29, 0.717) is 0 Å². The Bertz CT molecular complexity index is 3.25. The van der Waals surface area contributed by atoms with Gasteiger partial charge in [-0.15, -0.1) is 0 Å². The molecule has 0 aliphatic carbocycles. The Balaban J connectivity index is 0. The fourth-order valence-electron chi connectivity index (χ4n) is 0. The summed E-state index contributed by atoms with van der Waals surface area (Å²) >= 11 is 0. The van der Waals surface area contributed by atoms with Crippen LogP contribution in [0.5, 0.6) is 0 Å². The molecule has 0 saturated heterocycles. The van der Waals surface area contributed by atoms with Gasteiger partial charge in [0.25, 0.3) is 0 Å². The van der Waals surface area contributed by atoms with Gasteiger partial charge >= 0.3 is 0 Å². The molecule has 0 aliphatic rings. The predicted molar refractivity (Wildman–Crippen MR) is 21.4 cm³/mol. The minimum absolute atomic E-state index is 0. The lowest BCUT2D eigenvalue weighted by Gasteiger charge is -1.59. The Morgan fingerprint density at radius 3 is 1.25 bits per heavy atom. The SMILES string of the molecule is CNC.[CH3]. The normalized spacial score (nSPS) is 4.50. The number of nitrogens with one attached hydrogen (secondary N) is 1. The van der Waals surface area contributed by atoms with E-state index in [-0.39, 0.29) is 7.43 Å². The average Bonchev–Trinajstić information content (AvgIpc) is 0.918. The summed E-state index contributed by atoms with van der Waals surface area (Å²) in [5, 5.41) is 2.75. The minimum atomic E-state index is 0. The largest absolute Gasteiger partial charge is 0.323 e. The molecule has 4 heavy (non-hydrogen) atoms. The molecule has 0 atom stereocenters. The molecule has 0 fully saturated rings. The van der Waals surface area contributed by atoms with Crippen LogP contribution in [0.1, 0.15) is 0 Å². The van der Waals surface area contributed by atoms with Crippen molar-refractivity contribution >= 4 is 0 Å². The average molecular weight is 60.1 g/mol. The summed E-state index contributed by atoms with van der Waals surface area (Å²) in [4.78, 5) is 0. The molecule has 27 valence electrons. The Hall–Kier alpha value is -0.0400. The maximum absolute atomic E-state index is 2.75. The summed E-state index contributed by atoms with van der Waals surface area (Å²) in [6.45, 7) is 0. The third-order valence-corrected chi connectivity index (χ3v) is 0. The van der Waals surface area contributed by atoms with Gasteiger partial charge in [-0.25, -0.2) is 0 Å². The molecule has 0 bridgehead atoms. The maximum Gasteiger partial charge on any atom is -0.0167 e. The number of hydrogen-bond donors (Lipinski definition) is 1. The summed E-state index contributed by atoms with van der Waals surface area (Å²) in [5.41, 5.74) is 0. The highest BCUT2D eigenvalue weighted by Gasteiger charge is 1.25. The van der Waals surface area contributed by atoms with Gasteiger partial charge in [0.1, 0.15) is 0 Å². The van der Waals surface area contributed by atoms with Gasteiger partial charge < -0.3 is 5.32 Å². The Morgan fingerprint density at radius 1 is 1.25 bits per heavy atom. The number of hydrogen-bond acceptors (Lipinski definition) is 1. The highest BCUT2D eigenvalue weighted by molar-refractivity contribution is 3.91. The summed E-state index contributed by atoms with van der Waals surface area (Å²) in [5.74, 6) is 0. The highest BCUT2D eigenvalue weighted by Crippen LogP contribution is 0.981. The molecule has 0 saturated carbocycles. The summed E-state index contributed by atoms with van der Waals surface area (Å²) in [7, 11) is 3.75. The Labute approximate surface area is 28.0 Å². The van der Waals surface area contributed by atoms with Crippen LogP contribution in [0, 0.1) is 7.43 Å². The third kappa shape index (κ3) is 1130. The van der Waals surface area contributed by atoms with Crippen molar-refractivity contribution in [1.29, 1.82) is 0 Å². The zero-order valence-corrected chi connectivity index (χ0v) is 3.50. The van der Waals surface area contributed by atoms with Crippen LogP contribution in [0.3, 0.4) is 0 Å². The topological polar surface area (TPSA) is 12.0 Å². The van der Waals surface area contributed by atoms with E-state index in [4.69, 9.17) is 0 Å². The maximum atomic E-state index is 2.75. The van der Waals surface area contributed by atoms with Crippen molar-refractivity contribution in [2.45, 2.75) is 0 Å². The third-order valence-electron chi connectivity index (χ3n) is 0. The Kier molecular flexibility index (Phi) is 27.9. The lowest BCUT2D eigenvalue weighted by atomic mass is 11.3. The van der Waals surface area contributed by atoms with Crippen LogP contribution in [0.15, 0.2) is 0 Å². The van der Waals surface area contributed by atoms with Crippen LogP contribution in [-0.4, -0.2) is 14.1 Å². The van der Waals surface area contributed by atoms with Gasteiger partial charge in [-0.05, 0) is 14.1 Å². The second-order valence-electron chi connectivity index (χ2n) is 0.500. The molecule has 0 aromatic carbocycles. The molecule has 0 heterocycles. The van der Waals surface area contributed by atoms with Gasteiger partial charge in [0.15, 0.2) is 0 Å². The van der Waals surface area contributed by atoms with Crippen LogP contribution in [0.4, 0.5) is 0 Å². The van der Waals surface area contributed by atoms with Crippen LogP contribution in [-0.2, 0) is 0 Å². The zero-order valence-electron chi connectivity index (χ0n) is 3.50. The van der Waals surface area contributed by atoms with E-state index in [1.165, 1.54) is 0 Å². The highest BCUT2D eigenvalue weighted by atomic mass is 14.7. The molecule has 1 N–H and O–H groups in total. The van der Waals surface area contributed by atoms with Crippen molar-refractivity contribution in [2.75, 3.05) is 14.1 Å². The van der Waals surface area contributed by atoms with Crippen molar-refractivity contribution in [1.82, 2.24) is 5.32 Å². The fraction of sp³-hybridized carbons (Fsp3) is 0.667. The molecular formula is C3H10N. The van der Waals surface area contributed by atoms with E-state index in [0.717, 1.165) is 0 Å². The van der Waals surface area contributed by atoms with E-state index in [2.05, 4.69) is 5.32 Å². The van der Waals surface area contributed by atoms with E-state index in [9.17, 15) is 0 Å². The summed E-state index contributed by atoms with van der Waals surface area (Å²) < 4.78 is 0. The van der Waals surface area contributed by atoms with E-state index in [1.54, 1.807) is 0 Å². The summed E-state index contributed by atoms with van der Waals surface area (Å²) in [6, 6.07) is 0. The quantitative estimate of drug-likeness (QED) is 0.423. The van der Waals surface area contributed by atoms with Crippen molar-refractivity contribution < 1.29 is 0 Å². The van der Waals surface area contributed by atoms with Gasteiger partial charge in [-0.3, -0.25) is 0 Å². The smallest absolute Gasteiger partial charge is 0.0167 e. The molecule has 1 heteroatoms. The predicted octanol–water partition coefficient (Wildman–Crippen LogP) is 0.286. The molecule has 1 radical (unpaired) electrons. The van der Waals surface area contributed by atoms with Crippen molar-refractivity contribution in [3.63, 3.8) is 0 Å². The van der Waals surface area contributed by atoms with Crippen LogP contribution in [0.25, 0.3) is 0 Å². The lowest BCUT2D eigenvalue weighted by molar-refractivity contribution is 1.02. The first-order valence-electron chi connectivity index (χ1n) is 1.00. The fourth-order valence-corrected chi connectivity index (χ4v) is 0. The number of rotatable bonds is 0. The second kappa shape index (κ2) is 12.3. The van der Waals surface area contributed by atoms with Gasteiger partial charge in [-0.2, -0.15) is 0 Å². The standard InChI is InChI=1S/C2H7N.CH3/c1-3-2;/h3H,1-2H3;1H3. The molecule has 0 spiro atoms. The summed E-state index contributed by atoms with van der Waals surface area (Å²) in [6.07, 6.45) is 0. The van der Waals surface area contributed by atoms with Gasteiger partial charge in [0, 0.05) is 0 Å². The monoisotopic (exact) mass is 60.1 g/mol. The van der Waals surface area contributed by atoms with E-state index in [1.807, 2.05) is 14.1 Å². The van der Waals surface area contributed by atoms with Gasteiger partial charge in [0.05, 0.1) is 0 Å². The van der Waals surface area contributed by atoms with Gasteiger partial charge in [-0.1, -0.05) is 7.43 Å². The molecule has 0 rings (SSSR count). The van der Waals surface area contributed by atoms with Crippen molar-refractivity contribution in [2.24, 2.45) is 0 Å². The van der Waals surface area contributed by atoms with Crippen molar-refractivity contribution in [3.05, 3.63) is 7.43 Å². The first-order chi connectivity index (χ1) is 1.41. The van der Waals surface area contributed by atoms with Crippen molar-refractivity contribution in [3.8, 4) is 0 Å². The molecule has 0 amide bonds. The first kappa shape index (κ1) is 9.03. The molecule has 0 aliphatic heterocycles. The van der Waals surface area contributed by atoms with Crippen LogP contribution < -0.4 is 5.32 Å². The molecule has 0 aromatic rings. The second-order valence-corrected chi connectivity index (χ2v) is 0.500. The Morgan fingerprint density at radius 2 is 1.25 bits per heavy atom. The zero-order chi connectivity index (χ0) is 2.71. The van der Waals surface area contributed by atoms with E-state index >= 15 is 0 Å². The molecule has 1 nitrogen and oxygen atoms in total. The van der Waals surface area contributed by atoms with Crippen LogP contribution in [0.2, 0.25) is 0 Å². The first-order valence-corrected chi connectivity index (χ1v) is 1.00. The van der Waals surface area contributed by atoms with Gasteiger partial charge in [0.2, 0.25) is 0 Å². The minimum Gasteiger partial charge on any atom is -0.323 e. The lowest BCUT2D eigenvalue weighted by Crippen LogP contribution is -1.89. The molecule has 0 aromatic heterocycles. The van der Waals surface area contributed by atoms with E-state index < -0.39 is 0 Å².